The molecular weight excluding hydrogens is 305 g/mol. The average molecular weight is 328 g/mol. The molecule has 2 amide bonds. The Hall–Kier alpha value is -1.72. The fourth-order valence-electron chi connectivity index (χ4n) is 2.68. The van der Waals surface area contributed by atoms with E-state index in [1.54, 1.807) is 12.1 Å². The highest BCUT2D eigenvalue weighted by Crippen LogP contribution is 2.33. The summed E-state index contributed by atoms with van der Waals surface area (Å²) in [6.45, 7) is 6.36. The Labute approximate surface area is 134 Å². The van der Waals surface area contributed by atoms with Gasteiger partial charge in [-0.2, -0.15) is 13.2 Å². The van der Waals surface area contributed by atoms with Gasteiger partial charge in [0.1, 0.15) is 0 Å². The second kappa shape index (κ2) is 6.42. The van der Waals surface area contributed by atoms with E-state index in [1.807, 2.05) is 12.1 Å². The van der Waals surface area contributed by atoms with Crippen LogP contribution in [0.3, 0.4) is 0 Å². The number of rotatable bonds is 1. The van der Waals surface area contributed by atoms with Crippen molar-refractivity contribution in [2.24, 2.45) is 5.92 Å². The van der Waals surface area contributed by atoms with Crippen molar-refractivity contribution in [1.29, 1.82) is 0 Å². The van der Waals surface area contributed by atoms with E-state index in [9.17, 15) is 18.0 Å². The molecule has 0 spiro atoms. The Kier molecular flexibility index (Phi) is 4.92. The zero-order chi connectivity index (χ0) is 17.3. The highest BCUT2D eigenvalue weighted by atomic mass is 19.4. The van der Waals surface area contributed by atoms with E-state index in [2.05, 4.69) is 26.1 Å². The molecule has 128 valence electrons. The normalized spacial score (nSPS) is 19.6. The van der Waals surface area contributed by atoms with E-state index in [1.165, 1.54) is 4.90 Å². The number of benzene rings is 1. The highest BCUT2D eigenvalue weighted by molar-refractivity contribution is 5.89. The first kappa shape index (κ1) is 17.6. The zero-order valence-electron chi connectivity index (χ0n) is 13.7. The molecule has 0 saturated carbocycles. The topological polar surface area (TPSA) is 32.3 Å². The largest absolute Gasteiger partial charge is 0.393 e. The van der Waals surface area contributed by atoms with E-state index < -0.39 is 18.1 Å². The Morgan fingerprint density at radius 2 is 1.78 bits per heavy atom. The van der Waals surface area contributed by atoms with Crippen LogP contribution in [0, 0.1) is 5.92 Å². The summed E-state index contributed by atoms with van der Waals surface area (Å²) < 4.78 is 38.4. The van der Waals surface area contributed by atoms with Gasteiger partial charge in [-0.15, -0.1) is 0 Å². The third kappa shape index (κ3) is 4.62. The van der Waals surface area contributed by atoms with Gasteiger partial charge < -0.3 is 10.2 Å². The molecule has 1 N–H and O–H groups in total. The fraction of sp³-hybridized carbons (Fsp3) is 0.588. The molecule has 1 unspecified atom stereocenters. The second-order valence-electron chi connectivity index (χ2n) is 7.08. The number of carbonyl (C=O) groups excluding carboxylic acids is 1. The van der Waals surface area contributed by atoms with Gasteiger partial charge in [0.05, 0.1) is 5.92 Å². The lowest BCUT2D eigenvalue weighted by atomic mass is 9.87. The second-order valence-corrected chi connectivity index (χ2v) is 7.08. The quantitative estimate of drug-likeness (QED) is 0.790. The number of hydrogen-bond donors (Lipinski definition) is 1. The number of nitrogens with zero attached hydrogens (tertiary/aromatic N) is 1. The number of carbonyl (C=O) groups is 1. The monoisotopic (exact) mass is 328 g/mol. The molecule has 23 heavy (non-hydrogen) atoms. The number of amides is 2. The minimum absolute atomic E-state index is 0.00926. The van der Waals surface area contributed by atoms with Gasteiger partial charge in [0.2, 0.25) is 0 Å². The van der Waals surface area contributed by atoms with Gasteiger partial charge in [0, 0.05) is 18.8 Å². The van der Waals surface area contributed by atoms with Crippen molar-refractivity contribution < 1.29 is 18.0 Å². The van der Waals surface area contributed by atoms with Crippen LogP contribution in [0.25, 0.3) is 0 Å². The molecule has 1 aromatic rings. The molecule has 3 nitrogen and oxygen atoms in total. The first-order valence-corrected chi connectivity index (χ1v) is 7.80. The van der Waals surface area contributed by atoms with E-state index >= 15 is 0 Å². The van der Waals surface area contributed by atoms with Crippen molar-refractivity contribution >= 4 is 11.7 Å². The van der Waals surface area contributed by atoms with Crippen LogP contribution in [-0.4, -0.2) is 30.2 Å². The van der Waals surface area contributed by atoms with Gasteiger partial charge >= 0.3 is 12.2 Å². The predicted molar refractivity (Wildman–Crippen MR) is 84.5 cm³/mol. The van der Waals surface area contributed by atoms with Crippen LogP contribution in [0.15, 0.2) is 24.3 Å². The van der Waals surface area contributed by atoms with Gasteiger partial charge in [-0.25, -0.2) is 4.79 Å². The summed E-state index contributed by atoms with van der Waals surface area (Å²) in [4.78, 5) is 13.4. The Bertz CT molecular complexity index is 546. The van der Waals surface area contributed by atoms with Crippen molar-refractivity contribution in [2.45, 2.75) is 45.2 Å². The molecule has 1 aliphatic heterocycles. The maximum Gasteiger partial charge on any atom is 0.393 e. The maximum absolute atomic E-state index is 12.8. The smallest absolute Gasteiger partial charge is 0.324 e. The lowest BCUT2D eigenvalue weighted by Crippen LogP contribution is -2.46. The van der Waals surface area contributed by atoms with Gasteiger partial charge in [-0.1, -0.05) is 32.9 Å². The van der Waals surface area contributed by atoms with E-state index in [0.29, 0.717) is 18.7 Å². The number of urea groups is 1. The van der Waals surface area contributed by atoms with Crippen molar-refractivity contribution in [1.82, 2.24) is 4.90 Å². The third-order valence-corrected chi connectivity index (χ3v) is 4.17. The maximum atomic E-state index is 12.8. The summed E-state index contributed by atoms with van der Waals surface area (Å²) in [5.74, 6) is -1.43. The number of alkyl halides is 3. The molecule has 1 saturated heterocycles. The van der Waals surface area contributed by atoms with Crippen molar-refractivity contribution in [2.75, 3.05) is 18.4 Å². The standard InChI is InChI=1S/C17H23F3N2O/c1-16(2,3)12-6-8-14(9-7-12)21-15(23)22-10-4-5-13(11-22)17(18,19)20/h6-9,13H,4-5,10-11H2,1-3H3,(H,21,23). The number of piperidine rings is 1. The number of likely N-dealkylation sites (tertiary alicyclic amines) is 1. The average Bonchev–Trinajstić information content (AvgIpc) is 2.46. The van der Waals surface area contributed by atoms with Crippen LogP contribution in [0.5, 0.6) is 0 Å². The minimum atomic E-state index is -4.24. The zero-order valence-corrected chi connectivity index (χ0v) is 13.7. The third-order valence-electron chi connectivity index (χ3n) is 4.17. The van der Waals surface area contributed by atoms with Crippen LogP contribution < -0.4 is 5.32 Å². The molecule has 6 heteroatoms. The molecular formula is C17H23F3N2O. The molecule has 1 heterocycles. The molecule has 1 aromatic carbocycles. The summed E-state index contributed by atoms with van der Waals surface area (Å²) in [7, 11) is 0. The van der Waals surface area contributed by atoms with E-state index in [4.69, 9.17) is 0 Å². The van der Waals surface area contributed by atoms with Gasteiger partial charge in [-0.05, 0) is 36.0 Å². The molecule has 0 bridgehead atoms. The van der Waals surface area contributed by atoms with Crippen molar-refractivity contribution in [3.8, 4) is 0 Å². The van der Waals surface area contributed by atoms with Crippen LogP contribution in [0.4, 0.5) is 23.7 Å². The predicted octanol–water partition coefficient (Wildman–Crippen LogP) is 4.79. The van der Waals surface area contributed by atoms with Crippen LogP contribution in [0.2, 0.25) is 0 Å². The Balaban J connectivity index is 1.99. The number of nitrogens with one attached hydrogen (secondary N) is 1. The Morgan fingerprint density at radius 1 is 1.17 bits per heavy atom. The number of hydrogen-bond acceptors (Lipinski definition) is 1. The molecule has 1 aliphatic rings. The lowest BCUT2D eigenvalue weighted by molar-refractivity contribution is -0.183. The highest BCUT2D eigenvalue weighted by Gasteiger charge is 2.42. The minimum Gasteiger partial charge on any atom is -0.324 e. The number of anilines is 1. The van der Waals surface area contributed by atoms with Gasteiger partial charge in [-0.3, -0.25) is 0 Å². The molecule has 0 aromatic heterocycles. The van der Waals surface area contributed by atoms with E-state index in [-0.39, 0.29) is 18.4 Å². The summed E-state index contributed by atoms with van der Waals surface area (Å²) in [6, 6.07) is 6.93. The van der Waals surface area contributed by atoms with Crippen LogP contribution in [0.1, 0.15) is 39.2 Å². The van der Waals surface area contributed by atoms with E-state index in [0.717, 1.165) is 5.56 Å². The lowest BCUT2D eigenvalue weighted by Gasteiger charge is -2.33. The molecule has 2 rings (SSSR count). The SMILES string of the molecule is CC(C)(C)c1ccc(NC(=O)N2CCCC(C(F)(F)F)C2)cc1. The summed E-state index contributed by atoms with van der Waals surface area (Å²) in [5, 5.41) is 2.68. The molecule has 0 aliphatic carbocycles. The molecule has 1 atom stereocenters. The summed E-state index contributed by atoms with van der Waals surface area (Å²) >= 11 is 0. The number of halogens is 3. The van der Waals surface area contributed by atoms with Crippen molar-refractivity contribution in [3.63, 3.8) is 0 Å². The molecule has 1 fully saturated rings. The van der Waals surface area contributed by atoms with Gasteiger partial charge in [0.15, 0.2) is 0 Å². The molecule has 0 radical (unpaired) electrons. The fourth-order valence-corrected chi connectivity index (χ4v) is 2.68. The van der Waals surface area contributed by atoms with Gasteiger partial charge in [0.25, 0.3) is 0 Å². The van der Waals surface area contributed by atoms with Crippen LogP contribution >= 0.6 is 0 Å². The van der Waals surface area contributed by atoms with Crippen molar-refractivity contribution in [3.05, 3.63) is 29.8 Å². The Morgan fingerprint density at radius 3 is 2.30 bits per heavy atom. The summed E-state index contributed by atoms with van der Waals surface area (Å²) in [5.41, 5.74) is 1.73. The van der Waals surface area contributed by atoms with Crippen LogP contribution in [-0.2, 0) is 5.41 Å². The first-order chi connectivity index (χ1) is 10.6. The summed E-state index contributed by atoms with van der Waals surface area (Å²) in [6.07, 6.45) is -3.78. The first-order valence-electron chi connectivity index (χ1n) is 7.80.